The number of halogens is 2. The van der Waals surface area contributed by atoms with Gasteiger partial charge >= 0.3 is 0 Å². The van der Waals surface area contributed by atoms with Crippen LogP contribution in [0.4, 0.5) is 15.8 Å². The van der Waals surface area contributed by atoms with E-state index in [1.54, 1.807) is 18.2 Å². The number of carbonyl (C=O) groups excluding carboxylic acids is 1. The van der Waals surface area contributed by atoms with Gasteiger partial charge in [-0.1, -0.05) is 23.7 Å². The first kappa shape index (κ1) is 12.4. The average molecular weight is 265 g/mol. The summed E-state index contributed by atoms with van der Waals surface area (Å²) >= 11 is 5.76. The van der Waals surface area contributed by atoms with E-state index in [9.17, 15) is 9.18 Å². The highest BCUT2D eigenvalue weighted by Crippen LogP contribution is 2.22. The molecule has 18 heavy (non-hydrogen) atoms. The SMILES string of the molecule is Nc1cc(NC(=O)c2ccccc2F)ccc1Cl. The van der Waals surface area contributed by atoms with Crippen LogP contribution < -0.4 is 11.1 Å². The first-order chi connectivity index (χ1) is 8.58. The highest BCUT2D eigenvalue weighted by molar-refractivity contribution is 6.33. The molecule has 0 aliphatic carbocycles. The second-order valence-electron chi connectivity index (χ2n) is 3.67. The van der Waals surface area contributed by atoms with Crippen molar-refractivity contribution in [2.24, 2.45) is 0 Å². The fourth-order valence-electron chi connectivity index (χ4n) is 1.47. The lowest BCUT2D eigenvalue weighted by molar-refractivity contribution is 0.102. The third-order valence-corrected chi connectivity index (χ3v) is 2.72. The zero-order chi connectivity index (χ0) is 13.1. The van der Waals surface area contributed by atoms with Gasteiger partial charge < -0.3 is 11.1 Å². The molecule has 0 heterocycles. The van der Waals surface area contributed by atoms with Crippen molar-refractivity contribution >= 4 is 28.9 Å². The average Bonchev–Trinajstić information content (AvgIpc) is 2.34. The molecule has 3 N–H and O–H groups in total. The summed E-state index contributed by atoms with van der Waals surface area (Å²) in [6.07, 6.45) is 0. The summed E-state index contributed by atoms with van der Waals surface area (Å²) in [5.74, 6) is -1.10. The Balaban J connectivity index is 2.22. The highest BCUT2D eigenvalue weighted by Gasteiger charge is 2.11. The third kappa shape index (κ3) is 2.60. The predicted molar refractivity (Wildman–Crippen MR) is 70.2 cm³/mol. The van der Waals surface area contributed by atoms with Gasteiger partial charge in [0.15, 0.2) is 0 Å². The molecular formula is C13H10ClFN2O. The summed E-state index contributed by atoms with van der Waals surface area (Å²) in [7, 11) is 0. The number of rotatable bonds is 2. The number of anilines is 2. The van der Waals surface area contributed by atoms with E-state index < -0.39 is 11.7 Å². The monoisotopic (exact) mass is 264 g/mol. The fourth-order valence-corrected chi connectivity index (χ4v) is 1.58. The maximum atomic E-state index is 13.4. The van der Waals surface area contributed by atoms with E-state index in [-0.39, 0.29) is 5.56 Å². The van der Waals surface area contributed by atoms with Gasteiger partial charge in [-0.3, -0.25) is 4.79 Å². The quantitative estimate of drug-likeness (QED) is 0.818. The molecule has 0 radical (unpaired) electrons. The maximum absolute atomic E-state index is 13.4. The lowest BCUT2D eigenvalue weighted by Gasteiger charge is -2.07. The first-order valence-electron chi connectivity index (χ1n) is 5.19. The number of nitrogens with one attached hydrogen (secondary N) is 1. The second-order valence-corrected chi connectivity index (χ2v) is 4.08. The standard InChI is InChI=1S/C13H10ClFN2O/c14-10-6-5-8(7-12(10)16)17-13(18)9-3-1-2-4-11(9)15/h1-7H,16H2,(H,17,18). The molecule has 0 bridgehead atoms. The molecule has 0 unspecified atom stereocenters. The van der Waals surface area contributed by atoms with Crippen LogP contribution in [0.15, 0.2) is 42.5 Å². The van der Waals surface area contributed by atoms with Crippen LogP contribution in [0.3, 0.4) is 0 Å². The largest absolute Gasteiger partial charge is 0.397 e. The molecule has 0 spiro atoms. The molecule has 0 fully saturated rings. The van der Waals surface area contributed by atoms with Crippen molar-refractivity contribution in [1.82, 2.24) is 0 Å². The molecular weight excluding hydrogens is 255 g/mol. The van der Waals surface area contributed by atoms with Crippen LogP contribution >= 0.6 is 11.6 Å². The van der Waals surface area contributed by atoms with Gasteiger partial charge in [0, 0.05) is 5.69 Å². The van der Waals surface area contributed by atoms with Crippen molar-refractivity contribution in [3.63, 3.8) is 0 Å². The van der Waals surface area contributed by atoms with Gasteiger partial charge in [0.05, 0.1) is 16.3 Å². The van der Waals surface area contributed by atoms with Gasteiger partial charge in [-0.05, 0) is 30.3 Å². The molecule has 0 atom stereocenters. The van der Waals surface area contributed by atoms with E-state index in [1.165, 1.54) is 24.3 Å². The second kappa shape index (κ2) is 5.06. The zero-order valence-corrected chi connectivity index (χ0v) is 10.0. The summed E-state index contributed by atoms with van der Waals surface area (Å²) in [4.78, 5) is 11.8. The minimum absolute atomic E-state index is 0.0222. The Labute approximate surface area is 108 Å². The first-order valence-corrected chi connectivity index (χ1v) is 5.56. The molecule has 3 nitrogen and oxygen atoms in total. The third-order valence-electron chi connectivity index (χ3n) is 2.37. The van der Waals surface area contributed by atoms with Crippen molar-refractivity contribution in [3.05, 3.63) is 58.9 Å². The molecule has 0 saturated carbocycles. The molecule has 0 aliphatic rings. The van der Waals surface area contributed by atoms with Gasteiger partial charge in [-0.25, -0.2) is 4.39 Å². The van der Waals surface area contributed by atoms with Crippen LogP contribution in [0.5, 0.6) is 0 Å². The van der Waals surface area contributed by atoms with Gasteiger partial charge in [0.25, 0.3) is 5.91 Å². The number of benzene rings is 2. The number of amides is 1. The maximum Gasteiger partial charge on any atom is 0.258 e. The minimum Gasteiger partial charge on any atom is -0.397 e. The molecule has 2 aromatic carbocycles. The lowest BCUT2D eigenvalue weighted by atomic mass is 10.2. The van der Waals surface area contributed by atoms with Crippen molar-refractivity contribution in [3.8, 4) is 0 Å². The van der Waals surface area contributed by atoms with E-state index in [0.717, 1.165) is 0 Å². The number of nitrogen functional groups attached to an aromatic ring is 1. The van der Waals surface area contributed by atoms with Crippen molar-refractivity contribution in [1.29, 1.82) is 0 Å². The van der Waals surface area contributed by atoms with Gasteiger partial charge in [0.2, 0.25) is 0 Å². The van der Waals surface area contributed by atoms with Crippen molar-refractivity contribution < 1.29 is 9.18 Å². The molecule has 2 rings (SSSR count). The summed E-state index contributed by atoms with van der Waals surface area (Å²) in [6, 6.07) is 10.4. The molecule has 2 aromatic rings. The predicted octanol–water partition coefficient (Wildman–Crippen LogP) is 3.31. The Morgan fingerprint density at radius 1 is 1.22 bits per heavy atom. The normalized spacial score (nSPS) is 10.1. The number of nitrogens with two attached hydrogens (primary N) is 1. The Morgan fingerprint density at radius 3 is 2.61 bits per heavy atom. The van der Waals surface area contributed by atoms with E-state index in [1.807, 2.05) is 0 Å². The molecule has 0 aliphatic heterocycles. The lowest BCUT2D eigenvalue weighted by Crippen LogP contribution is -2.13. The Morgan fingerprint density at radius 2 is 1.94 bits per heavy atom. The molecule has 0 saturated heterocycles. The van der Waals surface area contributed by atoms with E-state index in [0.29, 0.717) is 16.4 Å². The van der Waals surface area contributed by atoms with Crippen LogP contribution in [0.2, 0.25) is 5.02 Å². The van der Waals surface area contributed by atoms with Crippen LogP contribution in [0.1, 0.15) is 10.4 Å². The molecule has 5 heteroatoms. The van der Waals surface area contributed by atoms with Crippen LogP contribution in [-0.2, 0) is 0 Å². The Kier molecular flexibility index (Phi) is 3.48. The number of carbonyl (C=O) groups is 1. The van der Waals surface area contributed by atoms with Crippen LogP contribution in [0, 0.1) is 5.82 Å². The summed E-state index contributed by atoms with van der Waals surface area (Å²) in [6.45, 7) is 0. The summed E-state index contributed by atoms with van der Waals surface area (Å²) < 4.78 is 13.4. The zero-order valence-electron chi connectivity index (χ0n) is 9.28. The Bertz CT molecular complexity index is 601. The van der Waals surface area contributed by atoms with Crippen LogP contribution in [-0.4, -0.2) is 5.91 Å². The van der Waals surface area contributed by atoms with E-state index in [4.69, 9.17) is 17.3 Å². The summed E-state index contributed by atoms with van der Waals surface area (Å²) in [5.41, 5.74) is 6.40. The Hall–Kier alpha value is -2.07. The molecule has 0 aromatic heterocycles. The van der Waals surface area contributed by atoms with Gasteiger partial charge in [-0.15, -0.1) is 0 Å². The number of hydrogen-bond acceptors (Lipinski definition) is 2. The molecule has 1 amide bonds. The van der Waals surface area contributed by atoms with Crippen molar-refractivity contribution in [2.75, 3.05) is 11.1 Å². The minimum atomic E-state index is -0.572. The van der Waals surface area contributed by atoms with Crippen molar-refractivity contribution in [2.45, 2.75) is 0 Å². The van der Waals surface area contributed by atoms with E-state index in [2.05, 4.69) is 5.32 Å². The summed E-state index contributed by atoms with van der Waals surface area (Å²) in [5, 5.41) is 2.95. The van der Waals surface area contributed by atoms with Gasteiger partial charge in [0.1, 0.15) is 5.82 Å². The fraction of sp³-hybridized carbons (Fsp3) is 0. The van der Waals surface area contributed by atoms with Gasteiger partial charge in [-0.2, -0.15) is 0 Å². The number of hydrogen-bond donors (Lipinski definition) is 2. The topological polar surface area (TPSA) is 55.1 Å². The smallest absolute Gasteiger partial charge is 0.258 e. The highest BCUT2D eigenvalue weighted by atomic mass is 35.5. The van der Waals surface area contributed by atoms with E-state index >= 15 is 0 Å². The molecule has 92 valence electrons. The van der Waals surface area contributed by atoms with Crippen LogP contribution in [0.25, 0.3) is 0 Å².